The monoisotopic (exact) mass is 201 g/mol. The lowest BCUT2D eigenvalue weighted by Gasteiger charge is -2.41. The first-order valence-corrected chi connectivity index (χ1v) is 4.81. The van der Waals surface area contributed by atoms with Crippen LogP contribution in [0.1, 0.15) is 27.7 Å². The average Bonchev–Trinajstić information content (AvgIpc) is 1.95. The number of hydrogen-bond acceptors (Lipinski definition) is 4. The van der Waals surface area contributed by atoms with Gasteiger partial charge in [0.15, 0.2) is 0 Å². The van der Waals surface area contributed by atoms with Gasteiger partial charge < -0.3 is 15.2 Å². The first-order chi connectivity index (χ1) is 6.25. The highest BCUT2D eigenvalue weighted by atomic mass is 16.6. The van der Waals surface area contributed by atoms with Crippen LogP contribution in [0.15, 0.2) is 0 Å². The third kappa shape index (κ3) is 2.45. The Labute approximate surface area is 84.7 Å². The molecule has 4 nitrogen and oxygen atoms in total. The molecule has 0 radical (unpaired) electrons. The zero-order valence-corrected chi connectivity index (χ0v) is 9.29. The summed E-state index contributed by atoms with van der Waals surface area (Å²) in [6.07, 6.45) is 0. The SMILES string of the molecule is CC(C)(C)OC(=O)[C@@H](N)C1(C)COC1. The molecule has 82 valence electrons. The van der Waals surface area contributed by atoms with E-state index in [2.05, 4.69) is 0 Å². The maximum atomic E-state index is 11.6. The van der Waals surface area contributed by atoms with Gasteiger partial charge in [-0.2, -0.15) is 0 Å². The fourth-order valence-corrected chi connectivity index (χ4v) is 1.25. The Morgan fingerprint density at radius 3 is 2.29 bits per heavy atom. The smallest absolute Gasteiger partial charge is 0.324 e. The predicted octanol–water partition coefficient (Wildman–Crippen LogP) is 0.692. The van der Waals surface area contributed by atoms with Gasteiger partial charge in [-0.25, -0.2) is 0 Å². The molecule has 1 fully saturated rings. The summed E-state index contributed by atoms with van der Waals surface area (Å²) in [5.41, 5.74) is 5.09. The zero-order chi connectivity index (χ0) is 11.0. The Bertz CT molecular complexity index is 228. The van der Waals surface area contributed by atoms with Crippen molar-refractivity contribution in [1.29, 1.82) is 0 Å². The van der Waals surface area contributed by atoms with Crippen molar-refractivity contribution >= 4 is 5.97 Å². The summed E-state index contributed by atoms with van der Waals surface area (Å²) in [6, 6.07) is -0.588. The van der Waals surface area contributed by atoms with Crippen molar-refractivity contribution in [2.45, 2.75) is 39.3 Å². The molecular formula is C10H19NO3. The molecule has 0 aliphatic carbocycles. The summed E-state index contributed by atoms with van der Waals surface area (Å²) in [4.78, 5) is 11.6. The van der Waals surface area contributed by atoms with Crippen molar-refractivity contribution in [3.05, 3.63) is 0 Å². The predicted molar refractivity (Wildman–Crippen MR) is 52.7 cm³/mol. The minimum atomic E-state index is -0.588. The van der Waals surface area contributed by atoms with Crippen molar-refractivity contribution in [3.63, 3.8) is 0 Å². The maximum Gasteiger partial charge on any atom is 0.324 e. The Morgan fingerprint density at radius 1 is 1.50 bits per heavy atom. The van der Waals surface area contributed by atoms with E-state index in [-0.39, 0.29) is 11.4 Å². The molecule has 0 bridgehead atoms. The molecule has 0 aromatic rings. The molecule has 1 aliphatic heterocycles. The second kappa shape index (κ2) is 3.51. The highest BCUT2D eigenvalue weighted by Gasteiger charge is 2.44. The van der Waals surface area contributed by atoms with Crippen LogP contribution in [-0.2, 0) is 14.3 Å². The van der Waals surface area contributed by atoms with Gasteiger partial charge in [-0.05, 0) is 20.8 Å². The van der Waals surface area contributed by atoms with Gasteiger partial charge in [-0.3, -0.25) is 4.79 Å². The van der Waals surface area contributed by atoms with Gasteiger partial charge in [0.2, 0.25) is 0 Å². The quantitative estimate of drug-likeness (QED) is 0.668. The van der Waals surface area contributed by atoms with E-state index in [4.69, 9.17) is 15.2 Å². The Balaban J connectivity index is 2.52. The summed E-state index contributed by atoms with van der Waals surface area (Å²) >= 11 is 0. The number of carbonyl (C=O) groups excluding carboxylic acids is 1. The zero-order valence-electron chi connectivity index (χ0n) is 9.29. The van der Waals surface area contributed by atoms with Gasteiger partial charge in [0.05, 0.1) is 13.2 Å². The normalized spacial score (nSPS) is 22.4. The lowest BCUT2D eigenvalue weighted by Crippen LogP contribution is -2.57. The number of ether oxygens (including phenoxy) is 2. The Hall–Kier alpha value is -0.610. The van der Waals surface area contributed by atoms with Gasteiger partial charge in [-0.15, -0.1) is 0 Å². The molecule has 0 unspecified atom stereocenters. The van der Waals surface area contributed by atoms with E-state index in [1.807, 2.05) is 27.7 Å². The molecule has 0 aromatic heterocycles. The minimum Gasteiger partial charge on any atom is -0.459 e. The summed E-state index contributed by atoms with van der Waals surface area (Å²) in [7, 11) is 0. The van der Waals surface area contributed by atoms with Crippen LogP contribution in [0.2, 0.25) is 0 Å². The molecule has 1 heterocycles. The Morgan fingerprint density at radius 2 is 2.00 bits per heavy atom. The highest BCUT2D eigenvalue weighted by Crippen LogP contribution is 2.30. The van der Waals surface area contributed by atoms with Crippen LogP contribution >= 0.6 is 0 Å². The maximum absolute atomic E-state index is 11.6. The van der Waals surface area contributed by atoms with Crippen LogP contribution in [0.3, 0.4) is 0 Å². The standard InChI is InChI=1S/C10H19NO3/c1-9(2,3)14-8(12)7(11)10(4)5-13-6-10/h7H,5-6,11H2,1-4H3/t7-/m1/s1. The van der Waals surface area contributed by atoms with Crippen LogP contribution in [-0.4, -0.2) is 30.8 Å². The fraction of sp³-hybridized carbons (Fsp3) is 0.900. The first-order valence-electron chi connectivity index (χ1n) is 4.81. The van der Waals surface area contributed by atoms with E-state index >= 15 is 0 Å². The van der Waals surface area contributed by atoms with Crippen LogP contribution in [0.5, 0.6) is 0 Å². The summed E-state index contributed by atoms with van der Waals surface area (Å²) in [6.45, 7) is 8.50. The van der Waals surface area contributed by atoms with Gasteiger partial charge in [0, 0.05) is 5.41 Å². The van der Waals surface area contributed by atoms with E-state index in [1.165, 1.54) is 0 Å². The number of carbonyl (C=O) groups is 1. The van der Waals surface area contributed by atoms with Crippen molar-refractivity contribution in [2.75, 3.05) is 13.2 Å². The van der Waals surface area contributed by atoms with Crippen molar-refractivity contribution in [2.24, 2.45) is 11.1 Å². The molecule has 0 saturated carbocycles. The van der Waals surface area contributed by atoms with Crippen LogP contribution in [0, 0.1) is 5.41 Å². The van der Waals surface area contributed by atoms with E-state index in [9.17, 15) is 4.79 Å². The molecule has 1 atom stereocenters. The fourth-order valence-electron chi connectivity index (χ4n) is 1.25. The van der Waals surface area contributed by atoms with Gasteiger partial charge in [0.1, 0.15) is 11.6 Å². The highest BCUT2D eigenvalue weighted by molar-refractivity contribution is 5.77. The minimum absolute atomic E-state index is 0.248. The van der Waals surface area contributed by atoms with Crippen molar-refractivity contribution in [3.8, 4) is 0 Å². The molecule has 14 heavy (non-hydrogen) atoms. The van der Waals surface area contributed by atoms with E-state index in [1.54, 1.807) is 0 Å². The second-order valence-corrected chi connectivity index (χ2v) is 5.16. The summed E-state index contributed by atoms with van der Waals surface area (Å²) < 4.78 is 10.3. The molecule has 4 heteroatoms. The second-order valence-electron chi connectivity index (χ2n) is 5.16. The number of esters is 1. The molecule has 0 amide bonds. The van der Waals surface area contributed by atoms with Gasteiger partial charge >= 0.3 is 5.97 Å². The molecule has 1 rings (SSSR count). The topological polar surface area (TPSA) is 61.5 Å². The third-order valence-electron chi connectivity index (χ3n) is 2.28. The number of rotatable bonds is 2. The average molecular weight is 201 g/mol. The van der Waals surface area contributed by atoms with E-state index in [0.29, 0.717) is 13.2 Å². The molecule has 1 aliphatic rings. The van der Waals surface area contributed by atoms with Gasteiger partial charge in [-0.1, -0.05) is 6.92 Å². The molecular weight excluding hydrogens is 182 g/mol. The summed E-state index contributed by atoms with van der Waals surface area (Å²) in [5.74, 6) is -0.344. The number of nitrogens with two attached hydrogens (primary N) is 1. The summed E-state index contributed by atoms with van der Waals surface area (Å²) in [5, 5.41) is 0. The third-order valence-corrected chi connectivity index (χ3v) is 2.28. The first kappa shape index (κ1) is 11.5. The number of hydrogen-bond donors (Lipinski definition) is 1. The van der Waals surface area contributed by atoms with Crippen LogP contribution in [0.25, 0.3) is 0 Å². The largest absolute Gasteiger partial charge is 0.459 e. The molecule has 2 N–H and O–H groups in total. The van der Waals surface area contributed by atoms with Crippen molar-refractivity contribution in [1.82, 2.24) is 0 Å². The molecule has 0 spiro atoms. The molecule has 0 aromatic carbocycles. The van der Waals surface area contributed by atoms with Crippen molar-refractivity contribution < 1.29 is 14.3 Å². The molecule has 1 saturated heterocycles. The lowest BCUT2D eigenvalue weighted by molar-refractivity contribution is -0.173. The van der Waals surface area contributed by atoms with E-state index in [0.717, 1.165) is 0 Å². The lowest BCUT2D eigenvalue weighted by atomic mass is 9.81. The van der Waals surface area contributed by atoms with Crippen LogP contribution in [0.4, 0.5) is 0 Å². The van der Waals surface area contributed by atoms with E-state index < -0.39 is 11.6 Å². The van der Waals surface area contributed by atoms with Gasteiger partial charge in [0.25, 0.3) is 0 Å². The van der Waals surface area contributed by atoms with Crippen LogP contribution < -0.4 is 5.73 Å². The Kier molecular flexibility index (Phi) is 2.88.